The quantitative estimate of drug-likeness (QED) is 0.697. The predicted octanol–water partition coefficient (Wildman–Crippen LogP) is 2.08. The molecule has 7 heteroatoms. The van der Waals surface area contributed by atoms with Crippen LogP contribution in [0.4, 0.5) is 5.69 Å². The molecule has 0 atom stereocenters. The zero-order valence-corrected chi connectivity index (χ0v) is 13.0. The van der Waals surface area contributed by atoms with Crippen LogP contribution in [0.2, 0.25) is 0 Å². The zero-order chi connectivity index (χ0) is 17.8. The number of carbonyl (C=O) groups excluding carboxylic acids is 2. The van der Waals surface area contributed by atoms with Crippen molar-refractivity contribution in [1.82, 2.24) is 9.78 Å². The van der Waals surface area contributed by atoms with Crippen molar-refractivity contribution in [2.45, 2.75) is 0 Å². The van der Waals surface area contributed by atoms with E-state index >= 15 is 0 Å². The van der Waals surface area contributed by atoms with Crippen LogP contribution in [0, 0.1) is 11.3 Å². The van der Waals surface area contributed by atoms with Crippen LogP contribution in [0.1, 0.15) is 16.1 Å². The van der Waals surface area contributed by atoms with Gasteiger partial charge < -0.3 is 11.1 Å². The lowest BCUT2D eigenvalue weighted by molar-refractivity contribution is -0.105. The number of hydrogen-bond donors (Lipinski definition) is 2. The van der Waals surface area contributed by atoms with Gasteiger partial charge in [0.1, 0.15) is 0 Å². The van der Waals surface area contributed by atoms with Gasteiger partial charge >= 0.3 is 0 Å². The van der Waals surface area contributed by atoms with Gasteiger partial charge in [0, 0.05) is 0 Å². The highest BCUT2D eigenvalue weighted by Crippen LogP contribution is 2.22. The first kappa shape index (κ1) is 16.0. The smallest absolute Gasteiger partial charge is 0.271 e. The number of amides is 2. The van der Waals surface area contributed by atoms with Crippen molar-refractivity contribution in [2.75, 3.05) is 5.32 Å². The fourth-order valence-electron chi connectivity index (χ4n) is 2.40. The molecule has 0 aliphatic carbocycles. The molecule has 25 heavy (non-hydrogen) atoms. The Morgan fingerprint density at radius 1 is 1.12 bits per heavy atom. The maximum absolute atomic E-state index is 11.4. The van der Waals surface area contributed by atoms with Gasteiger partial charge in [0.15, 0.2) is 5.69 Å². The van der Waals surface area contributed by atoms with Crippen molar-refractivity contribution >= 4 is 18.0 Å². The van der Waals surface area contributed by atoms with Crippen molar-refractivity contribution in [3.63, 3.8) is 0 Å². The van der Waals surface area contributed by atoms with Crippen molar-refractivity contribution in [3.05, 3.63) is 66.0 Å². The largest absolute Gasteiger partial charge is 0.364 e. The molecule has 0 unspecified atom stereocenters. The minimum absolute atomic E-state index is 0.0109. The van der Waals surface area contributed by atoms with Gasteiger partial charge in [-0.05, 0) is 35.4 Å². The number of nitriles is 1. The molecular formula is C18H13N5O2. The van der Waals surface area contributed by atoms with Crippen LogP contribution in [0.25, 0.3) is 16.8 Å². The summed E-state index contributed by atoms with van der Waals surface area (Å²) in [6.45, 7) is 0. The second-order valence-electron chi connectivity index (χ2n) is 5.20. The molecular weight excluding hydrogens is 318 g/mol. The monoisotopic (exact) mass is 331 g/mol. The molecule has 0 fully saturated rings. The van der Waals surface area contributed by atoms with E-state index < -0.39 is 5.91 Å². The lowest BCUT2D eigenvalue weighted by Crippen LogP contribution is -2.14. The van der Waals surface area contributed by atoms with Crippen molar-refractivity contribution < 1.29 is 9.59 Å². The third-order valence-corrected chi connectivity index (χ3v) is 3.64. The highest BCUT2D eigenvalue weighted by Gasteiger charge is 2.14. The van der Waals surface area contributed by atoms with Gasteiger partial charge in [0.05, 0.1) is 29.2 Å². The van der Waals surface area contributed by atoms with Crippen LogP contribution in [0.3, 0.4) is 0 Å². The number of nitrogens with two attached hydrogens (primary N) is 1. The fraction of sp³-hybridized carbons (Fsp3) is 0. The van der Waals surface area contributed by atoms with Crippen LogP contribution in [-0.2, 0) is 4.79 Å². The lowest BCUT2D eigenvalue weighted by atomic mass is 10.0. The predicted molar refractivity (Wildman–Crippen MR) is 91.9 cm³/mol. The molecule has 0 aliphatic heterocycles. The normalized spacial score (nSPS) is 10.0. The van der Waals surface area contributed by atoms with Crippen LogP contribution >= 0.6 is 0 Å². The molecule has 0 spiro atoms. The maximum Gasteiger partial charge on any atom is 0.271 e. The van der Waals surface area contributed by atoms with Crippen molar-refractivity contribution in [2.24, 2.45) is 5.73 Å². The van der Waals surface area contributed by atoms with Gasteiger partial charge in [-0.2, -0.15) is 10.4 Å². The van der Waals surface area contributed by atoms with Gasteiger partial charge in [-0.15, -0.1) is 0 Å². The standard InChI is InChI=1S/C18H13N5O2/c19-9-12-1-3-13(4-2-12)14-5-7-15(8-6-14)23-10-16(21-11-24)17(22-23)18(20)25/h1-8,10-11H,(H2,20,25)(H,21,24). The topological polar surface area (TPSA) is 114 Å². The Kier molecular flexibility index (Phi) is 4.26. The van der Waals surface area contributed by atoms with Crippen molar-refractivity contribution in [1.29, 1.82) is 5.26 Å². The van der Waals surface area contributed by atoms with Gasteiger partial charge in [0.2, 0.25) is 6.41 Å². The van der Waals surface area contributed by atoms with Gasteiger partial charge in [-0.25, -0.2) is 4.68 Å². The molecule has 0 radical (unpaired) electrons. The minimum Gasteiger partial charge on any atom is -0.364 e. The number of benzene rings is 2. The van der Waals surface area contributed by atoms with E-state index in [4.69, 9.17) is 11.0 Å². The first-order valence-corrected chi connectivity index (χ1v) is 7.33. The number of anilines is 1. The molecule has 1 aromatic heterocycles. The fourth-order valence-corrected chi connectivity index (χ4v) is 2.40. The number of rotatable bonds is 5. The lowest BCUT2D eigenvalue weighted by Gasteiger charge is -2.05. The van der Waals surface area contributed by atoms with E-state index in [1.54, 1.807) is 12.1 Å². The average Bonchev–Trinajstić information content (AvgIpc) is 3.07. The molecule has 122 valence electrons. The Balaban J connectivity index is 1.92. The average molecular weight is 331 g/mol. The van der Waals surface area contributed by atoms with Crippen LogP contribution in [-0.4, -0.2) is 22.1 Å². The molecule has 0 bridgehead atoms. The van der Waals surface area contributed by atoms with Crippen LogP contribution in [0.5, 0.6) is 0 Å². The van der Waals surface area contributed by atoms with E-state index in [0.717, 1.165) is 11.1 Å². The molecule has 0 saturated heterocycles. The number of carbonyl (C=O) groups is 2. The third kappa shape index (κ3) is 3.23. The van der Waals surface area contributed by atoms with Gasteiger partial charge in [-0.1, -0.05) is 24.3 Å². The first-order valence-electron chi connectivity index (χ1n) is 7.33. The zero-order valence-electron chi connectivity index (χ0n) is 13.0. The molecule has 3 N–H and O–H groups in total. The first-order chi connectivity index (χ1) is 12.1. The third-order valence-electron chi connectivity index (χ3n) is 3.64. The highest BCUT2D eigenvalue weighted by atomic mass is 16.1. The number of nitrogens with one attached hydrogen (secondary N) is 1. The molecule has 0 saturated carbocycles. The summed E-state index contributed by atoms with van der Waals surface area (Å²) in [7, 11) is 0. The van der Waals surface area contributed by atoms with E-state index in [0.29, 0.717) is 17.7 Å². The summed E-state index contributed by atoms with van der Waals surface area (Å²) in [6.07, 6.45) is 1.98. The van der Waals surface area contributed by atoms with Crippen molar-refractivity contribution in [3.8, 4) is 22.9 Å². The Bertz CT molecular complexity index is 966. The second-order valence-corrected chi connectivity index (χ2v) is 5.20. The maximum atomic E-state index is 11.4. The highest BCUT2D eigenvalue weighted by molar-refractivity contribution is 5.98. The Labute approximate surface area is 143 Å². The summed E-state index contributed by atoms with van der Waals surface area (Å²) < 4.78 is 1.47. The summed E-state index contributed by atoms with van der Waals surface area (Å²) in [5, 5.41) is 15.4. The summed E-state index contributed by atoms with van der Waals surface area (Å²) in [5.74, 6) is -0.725. The second kappa shape index (κ2) is 6.68. The number of primary amides is 1. The number of aromatic nitrogens is 2. The number of hydrogen-bond acceptors (Lipinski definition) is 4. The van der Waals surface area contributed by atoms with E-state index in [1.807, 2.05) is 36.4 Å². The molecule has 2 amide bonds. The SMILES string of the molecule is N#Cc1ccc(-c2ccc(-n3cc(NC=O)c(C(N)=O)n3)cc2)cc1. The van der Waals surface area contributed by atoms with Gasteiger partial charge in [0.25, 0.3) is 5.91 Å². The Morgan fingerprint density at radius 3 is 2.24 bits per heavy atom. The summed E-state index contributed by atoms with van der Waals surface area (Å²) >= 11 is 0. The van der Waals surface area contributed by atoms with Gasteiger partial charge in [-0.3, -0.25) is 9.59 Å². The van der Waals surface area contributed by atoms with Crippen LogP contribution in [0.15, 0.2) is 54.7 Å². The molecule has 3 aromatic rings. The van der Waals surface area contributed by atoms with E-state index in [1.165, 1.54) is 10.9 Å². The summed E-state index contributed by atoms with van der Waals surface area (Å²) in [6, 6.07) is 16.8. The summed E-state index contributed by atoms with van der Waals surface area (Å²) in [5.41, 5.74) is 8.77. The Morgan fingerprint density at radius 2 is 1.72 bits per heavy atom. The van der Waals surface area contributed by atoms with Crippen LogP contribution < -0.4 is 11.1 Å². The van der Waals surface area contributed by atoms with E-state index in [9.17, 15) is 9.59 Å². The number of nitrogens with zero attached hydrogens (tertiary/aromatic N) is 3. The molecule has 3 rings (SSSR count). The van der Waals surface area contributed by atoms with E-state index in [-0.39, 0.29) is 11.4 Å². The molecule has 0 aliphatic rings. The molecule has 7 nitrogen and oxygen atoms in total. The molecule has 1 heterocycles. The Hall–Kier alpha value is -3.92. The molecule has 2 aromatic carbocycles. The summed E-state index contributed by atoms with van der Waals surface area (Å²) in [4.78, 5) is 22.0. The van der Waals surface area contributed by atoms with E-state index in [2.05, 4.69) is 16.5 Å². The minimum atomic E-state index is -0.725.